The normalized spacial score (nSPS) is 18.2. The highest BCUT2D eigenvalue weighted by atomic mass is 35.5. The van der Waals surface area contributed by atoms with Gasteiger partial charge in [0.25, 0.3) is 0 Å². The predicted molar refractivity (Wildman–Crippen MR) is 86.5 cm³/mol. The molecule has 1 fully saturated rings. The maximum absolute atomic E-state index is 6.46. The van der Waals surface area contributed by atoms with Crippen LogP contribution >= 0.6 is 11.6 Å². The number of nitrogens with one attached hydrogen (secondary N) is 1. The first-order valence-electron chi connectivity index (χ1n) is 7.54. The molecule has 1 aromatic carbocycles. The van der Waals surface area contributed by atoms with Gasteiger partial charge in [-0.2, -0.15) is 0 Å². The standard InChI is InChI=1S/C16H25ClN2O2/c1-4-19(11-13-6-5-9-18-13)10-12-7-8-14(20-2)16(21-3)15(12)17/h7-8,13,18H,4-6,9-11H2,1-3H3. The fraction of sp³-hybridized carbons (Fsp3) is 0.625. The lowest BCUT2D eigenvalue weighted by molar-refractivity contribution is 0.253. The van der Waals surface area contributed by atoms with Crippen LogP contribution in [0.2, 0.25) is 5.02 Å². The van der Waals surface area contributed by atoms with E-state index >= 15 is 0 Å². The van der Waals surface area contributed by atoms with Crippen LogP contribution in [-0.4, -0.2) is 44.8 Å². The summed E-state index contributed by atoms with van der Waals surface area (Å²) < 4.78 is 10.6. The molecular formula is C16H25ClN2O2. The zero-order valence-electron chi connectivity index (χ0n) is 13.1. The van der Waals surface area contributed by atoms with E-state index in [0.29, 0.717) is 22.6 Å². The van der Waals surface area contributed by atoms with Crippen molar-refractivity contribution >= 4 is 11.6 Å². The summed E-state index contributed by atoms with van der Waals surface area (Å²) in [5, 5.41) is 4.19. The molecule has 1 unspecified atom stereocenters. The van der Waals surface area contributed by atoms with Gasteiger partial charge < -0.3 is 14.8 Å². The molecule has 1 saturated heterocycles. The summed E-state index contributed by atoms with van der Waals surface area (Å²) in [5.74, 6) is 1.29. The summed E-state index contributed by atoms with van der Waals surface area (Å²) in [6, 6.07) is 4.54. The maximum atomic E-state index is 6.46. The number of nitrogens with zero attached hydrogens (tertiary/aromatic N) is 1. The third-order valence-electron chi connectivity index (χ3n) is 4.05. The lowest BCUT2D eigenvalue weighted by Crippen LogP contribution is -2.37. The van der Waals surface area contributed by atoms with E-state index in [9.17, 15) is 0 Å². The van der Waals surface area contributed by atoms with Crippen molar-refractivity contribution < 1.29 is 9.47 Å². The molecule has 0 bridgehead atoms. The highest BCUT2D eigenvalue weighted by Crippen LogP contribution is 2.37. The largest absolute Gasteiger partial charge is 0.493 e. The molecule has 1 atom stereocenters. The van der Waals surface area contributed by atoms with Gasteiger partial charge in [-0.25, -0.2) is 0 Å². The van der Waals surface area contributed by atoms with Crippen LogP contribution < -0.4 is 14.8 Å². The van der Waals surface area contributed by atoms with Gasteiger partial charge in [0.2, 0.25) is 0 Å². The second-order valence-electron chi connectivity index (χ2n) is 5.40. The van der Waals surface area contributed by atoms with Crippen LogP contribution in [0.5, 0.6) is 11.5 Å². The first kappa shape index (κ1) is 16.4. The highest BCUT2D eigenvalue weighted by molar-refractivity contribution is 6.33. The molecule has 1 heterocycles. The molecule has 1 aromatic rings. The molecule has 0 spiro atoms. The Hall–Kier alpha value is -0.970. The molecule has 1 aliphatic heterocycles. The number of hydrogen-bond acceptors (Lipinski definition) is 4. The fourth-order valence-electron chi connectivity index (χ4n) is 2.82. The van der Waals surface area contributed by atoms with Crippen molar-refractivity contribution in [3.05, 3.63) is 22.7 Å². The average Bonchev–Trinajstić information content (AvgIpc) is 3.01. The first-order valence-corrected chi connectivity index (χ1v) is 7.92. The molecule has 4 nitrogen and oxygen atoms in total. The monoisotopic (exact) mass is 312 g/mol. The number of halogens is 1. The van der Waals surface area contributed by atoms with E-state index in [0.717, 1.165) is 31.7 Å². The molecule has 0 aliphatic carbocycles. The van der Waals surface area contributed by atoms with Gasteiger partial charge in [-0.15, -0.1) is 0 Å². The molecule has 0 amide bonds. The zero-order valence-corrected chi connectivity index (χ0v) is 13.9. The van der Waals surface area contributed by atoms with E-state index in [1.54, 1.807) is 14.2 Å². The Bertz CT molecular complexity index is 462. The summed E-state index contributed by atoms with van der Waals surface area (Å²) in [6.07, 6.45) is 2.54. The second-order valence-corrected chi connectivity index (χ2v) is 5.77. The van der Waals surface area contributed by atoms with Gasteiger partial charge in [0, 0.05) is 19.1 Å². The molecule has 1 N–H and O–H groups in total. The van der Waals surface area contributed by atoms with E-state index in [4.69, 9.17) is 21.1 Å². The highest BCUT2D eigenvalue weighted by Gasteiger charge is 2.19. The summed E-state index contributed by atoms with van der Waals surface area (Å²) in [6.45, 7) is 6.21. The van der Waals surface area contributed by atoms with Gasteiger partial charge in [-0.3, -0.25) is 4.90 Å². The van der Waals surface area contributed by atoms with Gasteiger partial charge in [0.1, 0.15) is 0 Å². The SMILES string of the molecule is CCN(Cc1ccc(OC)c(OC)c1Cl)CC1CCCN1. The minimum atomic E-state index is 0.601. The second kappa shape index (κ2) is 7.87. The fourth-order valence-corrected chi connectivity index (χ4v) is 3.12. The average molecular weight is 313 g/mol. The Morgan fingerprint density at radius 1 is 1.33 bits per heavy atom. The predicted octanol–water partition coefficient (Wildman–Crippen LogP) is 2.93. The molecule has 0 aromatic heterocycles. The molecule has 0 radical (unpaired) electrons. The molecule has 5 heteroatoms. The van der Waals surface area contributed by atoms with Gasteiger partial charge in [-0.1, -0.05) is 24.6 Å². The summed E-state index contributed by atoms with van der Waals surface area (Å²) in [7, 11) is 3.24. The lowest BCUT2D eigenvalue weighted by atomic mass is 10.1. The molecule has 0 saturated carbocycles. The smallest absolute Gasteiger partial charge is 0.179 e. The number of ether oxygens (including phenoxy) is 2. The minimum absolute atomic E-state index is 0.601. The molecule has 21 heavy (non-hydrogen) atoms. The summed E-state index contributed by atoms with van der Waals surface area (Å²) in [5.41, 5.74) is 1.08. The van der Waals surface area contributed by atoms with Crippen molar-refractivity contribution in [3.63, 3.8) is 0 Å². The van der Waals surface area contributed by atoms with Gasteiger partial charge in [0.15, 0.2) is 11.5 Å². The van der Waals surface area contributed by atoms with Crippen LogP contribution in [0.4, 0.5) is 0 Å². The Morgan fingerprint density at radius 3 is 2.71 bits per heavy atom. The zero-order chi connectivity index (χ0) is 15.2. The number of rotatable bonds is 7. The van der Waals surface area contributed by atoms with Gasteiger partial charge in [-0.05, 0) is 37.6 Å². The Labute approximate surface area is 132 Å². The third kappa shape index (κ3) is 4.02. The van der Waals surface area contributed by atoms with E-state index in [2.05, 4.69) is 17.1 Å². The first-order chi connectivity index (χ1) is 10.2. The maximum Gasteiger partial charge on any atom is 0.179 e. The quantitative estimate of drug-likeness (QED) is 0.839. The Balaban J connectivity index is 2.09. The summed E-state index contributed by atoms with van der Waals surface area (Å²) in [4.78, 5) is 2.41. The summed E-state index contributed by atoms with van der Waals surface area (Å²) >= 11 is 6.46. The lowest BCUT2D eigenvalue weighted by Gasteiger charge is -2.25. The number of hydrogen-bond donors (Lipinski definition) is 1. The molecular weight excluding hydrogens is 288 g/mol. The third-order valence-corrected chi connectivity index (χ3v) is 4.46. The number of methoxy groups -OCH3 is 2. The van der Waals surface area contributed by atoms with Crippen molar-refractivity contribution in [1.82, 2.24) is 10.2 Å². The van der Waals surface area contributed by atoms with Crippen LogP contribution in [0.15, 0.2) is 12.1 Å². The van der Waals surface area contributed by atoms with Gasteiger partial charge >= 0.3 is 0 Å². The Kier molecular flexibility index (Phi) is 6.15. The van der Waals surface area contributed by atoms with Crippen molar-refractivity contribution in [2.45, 2.75) is 32.4 Å². The van der Waals surface area contributed by atoms with Crippen molar-refractivity contribution in [3.8, 4) is 11.5 Å². The van der Waals surface area contributed by atoms with Crippen LogP contribution in [0.25, 0.3) is 0 Å². The van der Waals surface area contributed by atoms with Crippen LogP contribution in [0.1, 0.15) is 25.3 Å². The number of benzene rings is 1. The molecule has 1 aliphatic rings. The number of likely N-dealkylation sites (N-methyl/N-ethyl adjacent to an activating group) is 1. The van der Waals surface area contributed by atoms with Crippen LogP contribution in [0, 0.1) is 0 Å². The van der Waals surface area contributed by atoms with Crippen molar-refractivity contribution in [2.24, 2.45) is 0 Å². The van der Waals surface area contributed by atoms with E-state index in [1.807, 2.05) is 12.1 Å². The molecule has 2 rings (SSSR count). The topological polar surface area (TPSA) is 33.7 Å². The van der Waals surface area contributed by atoms with E-state index in [-0.39, 0.29) is 0 Å². The van der Waals surface area contributed by atoms with Crippen LogP contribution in [0.3, 0.4) is 0 Å². The van der Waals surface area contributed by atoms with E-state index in [1.165, 1.54) is 12.8 Å². The van der Waals surface area contributed by atoms with Crippen molar-refractivity contribution in [2.75, 3.05) is 33.9 Å². The van der Waals surface area contributed by atoms with Gasteiger partial charge in [0.05, 0.1) is 19.2 Å². The Morgan fingerprint density at radius 2 is 2.14 bits per heavy atom. The minimum Gasteiger partial charge on any atom is -0.493 e. The van der Waals surface area contributed by atoms with Crippen LogP contribution in [-0.2, 0) is 6.54 Å². The van der Waals surface area contributed by atoms with Crippen molar-refractivity contribution in [1.29, 1.82) is 0 Å². The van der Waals surface area contributed by atoms with E-state index < -0.39 is 0 Å². The molecule has 118 valence electrons.